The number of imidazole rings is 1. The van der Waals surface area contributed by atoms with Crippen LogP contribution < -0.4 is 0 Å². The number of aromatic nitrogens is 3. The van der Waals surface area contributed by atoms with Gasteiger partial charge in [0, 0.05) is 63.4 Å². The topological polar surface area (TPSA) is 54.3 Å². The first-order valence-corrected chi connectivity index (χ1v) is 8.11. The molecule has 0 radical (unpaired) electrons. The van der Waals surface area contributed by atoms with Gasteiger partial charge in [0.05, 0.1) is 6.54 Å². The van der Waals surface area contributed by atoms with Gasteiger partial charge >= 0.3 is 0 Å². The fourth-order valence-electron chi connectivity index (χ4n) is 3.83. The van der Waals surface area contributed by atoms with Gasteiger partial charge in [0.2, 0.25) is 5.91 Å². The molecule has 2 aromatic heterocycles. The maximum absolute atomic E-state index is 12.5. The second-order valence-corrected chi connectivity index (χ2v) is 6.44. The molecule has 4 rings (SSSR count). The molecule has 0 aromatic carbocycles. The molecule has 2 atom stereocenters. The van der Waals surface area contributed by atoms with Gasteiger partial charge in [-0.2, -0.15) is 0 Å². The number of likely N-dealkylation sites (tertiary alicyclic amines) is 2. The number of rotatable bonds is 4. The summed E-state index contributed by atoms with van der Waals surface area (Å²) < 4.78 is 2.05. The average molecular weight is 311 g/mol. The van der Waals surface area contributed by atoms with Crippen LogP contribution in [0.4, 0.5) is 0 Å². The van der Waals surface area contributed by atoms with Crippen molar-refractivity contribution in [2.45, 2.75) is 38.0 Å². The van der Waals surface area contributed by atoms with Crippen LogP contribution in [0.15, 0.2) is 36.9 Å². The highest BCUT2D eigenvalue weighted by Crippen LogP contribution is 2.34. The minimum absolute atomic E-state index is 0.258. The van der Waals surface area contributed by atoms with Crippen molar-refractivity contribution in [3.8, 4) is 0 Å². The van der Waals surface area contributed by atoms with Crippen molar-refractivity contribution in [2.24, 2.45) is 7.05 Å². The predicted octanol–water partition coefficient (Wildman–Crippen LogP) is 1.19. The molecule has 1 amide bonds. The number of carbonyl (C=O) groups is 1. The van der Waals surface area contributed by atoms with Crippen LogP contribution in [0.5, 0.6) is 0 Å². The maximum Gasteiger partial charge on any atom is 0.224 e. The van der Waals surface area contributed by atoms with Gasteiger partial charge in [0.1, 0.15) is 5.82 Å². The molecule has 0 bridgehead atoms. The minimum atomic E-state index is 0.258. The van der Waals surface area contributed by atoms with Crippen LogP contribution in [0, 0.1) is 0 Å². The Labute approximate surface area is 135 Å². The summed E-state index contributed by atoms with van der Waals surface area (Å²) in [6.07, 6.45) is 9.08. The molecule has 2 aliphatic heterocycles. The third-order valence-corrected chi connectivity index (χ3v) is 5.07. The number of hydrogen-bond acceptors (Lipinski definition) is 4. The summed E-state index contributed by atoms with van der Waals surface area (Å²) in [4.78, 5) is 25.5. The van der Waals surface area contributed by atoms with Crippen LogP contribution in [-0.2, 0) is 24.9 Å². The monoisotopic (exact) mass is 311 g/mol. The minimum Gasteiger partial charge on any atom is -0.337 e. The second-order valence-electron chi connectivity index (χ2n) is 6.44. The Kier molecular flexibility index (Phi) is 3.61. The number of amides is 1. The lowest BCUT2D eigenvalue weighted by Crippen LogP contribution is -2.37. The lowest BCUT2D eigenvalue weighted by Gasteiger charge is -2.25. The Hall–Kier alpha value is -2.21. The molecule has 0 unspecified atom stereocenters. The summed E-state index contributed by atoms with van der Waals surface area (Å²) >= 11 is 0. The highest BCUT2D eigenvalue weighted by Gasteiger charge is 2.46. The van der Waals surface area contributed by atoms with E-state index in [1.807, 2.05) is 42.7 Å². The quantitative estimate of drug-likeness (QED) is 0.851. The van der Waals surface area contributed by atoms with E-state index in [0.717, 1.165) is 30.9 Å². The zero-order chi connectivity index (χ0) is 15.8. The molecule has 4 heterocycles. The van der Waals surface area contributed by atoms with Gasteiger partial charge in [-0.15, -0.1) is 0 Å². The van der Waals surface area contributed by atoms with E-state index in [1.54, 1.807) is 6.20 Å². The molecular weight excluding hydrogens is 290 g/mol. The maximum atomic E-state index is 12.5. The molecule has 0 N–H and O–H groups in total. The van der Waals surface area contributed by atoms with Crippen molar-refractivity contribution in [3.63, 3.8) is 0 Å². The van der Waals surface area contributed by atoms with Crippen LogP contribution in [0.2, 0.25) is 0 Å². The Morgan fingerprint density at radius 3 is 2.91 bits per heavy atom. The lowest BCUT2D eigenvalue weighted by atomic mass is 10.1. The summed E-state index contributed by atoms with van der Waals surface area (Å²) in [5, 5.41) is 0. The van der Waals surface area contributed by atoms with Gasteiger partial charge < -0.3 is 9.47 Å². The third-order valence-electron chi connectivity index (χ3n) is 5.07. The van der Waals surface area contributed by atoms with E-state index < -0.39 is 0 Å². The molecule has 0 aliphatic carbocycles. The number of carbonyl (C=O) groups excluding carboxylic acids is 1. The number of nitrogens with zero attached hydrogens (tertiary/aromatic N) is 5. The van der Waals surface area contributed by atoms with Gasteiger partial charge in [0.25, 0.3) is 0 Å². The molecule has 0 spiro atoms. The van der Waals surface area contributed by atoms with Crippen molar-refractivity contribution in [2.75, 3.05) is 6.54 Å². The zero-order valence-electron chi connectivity index (χ0n) is 13.3. The number of hydrogen-bond donors (Lipinski definition) is 0. The van der Waals surface area contributed by atoms with Crippen LogP contribution >= 0.6 is 0 Å². The highest BCUT2D eigenvalue weighted by atomic mass is 16.2. The van der Waals surface area contributed by atoms with E-state index in [9.17, 15) is 4.79 Å². The first kappa shape index (κ1) is 14.4. The molecule has 6 heteroatoms. The zero-order valence-corrected chi connectivity index (χ0v) is 13.3. The molecule has 2 fully saturated rings. The lowest BCUT2D eigenvalue weighted by molar-refractivity contribution is -0.129. The van der Waals surface area contributed by atoms with Gasteiger partial charge in [-0.1, -0.05) is 6.07 Å². The summed E-state index contributed by atoms with van der Waals surface area (Å²) in [5.41, 5.74) is 1.10. The Morgan fingerprint density at radius 2 is 2.17 bits per heavy atom. The Balaban J connectivity index is 1.48. The first-order valence-electron chi connectivity index (χ1n) is 8.11. The van der Waals surface area contributed by atoms with E-state index >= 15 is 0 Å². The SMILES string of the molecule is Cn1ccnc1CN1CC[C@H]2[C@H]1CC(=O)N2Cc1cccnc1. The predicted molar refractivity (Wildman–Crippen MR) is 85.2 cm³/mol. The standard InChI is InChI=1S/C17H21N5O/c1-20-8-6-19-16(20)12-21-7-4-14-15(21)9-17(23)22(14)11-13-3-2-5-18-10-13/h2-3,5-6,8,10,14-15H,4,7,9,11-12H2,1H3/t14-,15+/m0/s1. The Bertz CT molecular complexity index is 698. The van der Waals surface area contributed by atoms with E-state index in [0.29, 0.717) is 25.0 Å². The average Bonchev–Trinajstić information content (AvgIpc) is 3.21. The van der Waals surface area contributed by atoms with E-state index in [-0.39, 0.29) is 5.91 Å². The molecule has 23 heavy (non-hydrogen) atoms. The first-order chi connectivity index (χ1) is 11.2. The smallest absolute Gasteiger partial charge is 0.224 e. The fourth-order valence-corrected chi connectivity index (χ4v) is 3.83. The van der Waals surface area contributed by atoms with Gasteiger partial charge in [0.15, 0.2) is 0 Å². The van der Waals surface area contributed by atoms with Gasteiger partial charge in [-0.05, 0) is 18.1 Å². The summed E-state index contributed by atoms with van der Waals surface area (Å²) in [7, 11) is 2.02. The van der Waals surface area contributed by atoms with Gasteiger partial charge in [-0.3, -0.25) is 14.7 Å². The van der Waals surface area contributed by atoms with Crippen molar-refractivity contribution in [1.82, 2.24) is 24.3 Å². The van der Waals surface area contributed by atoms with E-state index in [1.165, 1.54) is 0 Å². The highest BCUT2D eigenvalue weighted by molar-refractivity contribution is 5.80. The molecule has 120 valence electrons. The molecular formula is C17H21N5O. The van der Waals surface area contributed by atoms with Crippen molar-refractivity contribution in [3.05, 3.63) is 48.3 Å². The Morgan fingerprint density at radius 1 is 1.26 bits per heavy atom. The summed E-state index contributed by atoms with van der Waals surface area (Å²) in [5.74, 6) is 1.32. The molecule has 2 aromatic rings. The largest absolute Gasteiger partial charge is 0.337 e. The van der Waals surface area contributed by atoms with Crippen LogP contribution in [0.1, 0.15) is 24.2 Å². The molecule has 6 nitrogen and oxygen atoms in total. The summed E-state index contributed by atoms with van der Waals surface area (Å²) in [6, 6.07) is 4.60. The van der Waals surface area contributed by atoms with Crippen LogP contribution in [0.3, 0.4) is 0 Å². The molecule has 2 aliphatic rings. The number of fused-ring (bicyclic) bond motifs is 1. The van der Waals surface area contributed by atoms with Crippen molar-refractivity contribution >= 4 is 5.91 Å². The van der Waals surface area contributed by atoms with Crippen LogP contribution in [-0.4, -0.2) is 48.9 Å². The molecule has 0 saturated carbocycles. The van der Waals surface area contributed by atoms with E-state index in [4.69, 9.17) is 0 Å². The van der Waals surface area contributed by atoms with Crippen molar-refractivity contribution < 1.29 is 4.79 Å². The van der Waals surface area contributed by atoms with Crippen LogP contribution in [0.25, 0.3) is 0 Å². The fraction of sp³-hybridized carbons (Fsp3) is 0.471. The summed E-state index contributed by atoms with van der Waals surface area (Å²) in [6.45, 7) is 2.52. The second kappa shape index (κ2) is 5.77. The van der Waals surface area contributed by atoms with E-state index in [2.05, 4.69) is 19.4 Å². The third kappa shape index (κ3) is 2.63. The van der Waals surface area contributed by atoms with Gasteiger partial charge in [-0.25, -0.2) is 4.98 Å². The normalized spacial score (nSPS) is 24.4. The molecule has 2 saturated heterocycles. The van der Waals surface area contributed by atoms with Crippen molar-refractivity contribution in [1.29, 1.82) is 0 Å². The number of aryl methyl sites for hydroxylation is 1. The number of pyridine rings is 1.